The molecule has 0 saturated heterocycles. The Bertz CT molecular complexity index is 495. The molecule has 0 fully saturated rings. The number of benzene rings is 1. The second kappa shape index (κ2) is 4.01. The summed E-state index contributed by atoms with van der Waals surface area (Å²) in [7, 11) is 0. The molecular formula is C10H11N5O. The zero-order valence-electron chi connectivity index (χ0n) is 8.71. The van der Waals surface area contributed by atoms with Crippen molar-refractivity contribution < 1.29 is 4.52 Å². The molecule has 0 amide bonds. The van der Waals surface area contributed by atoms with Crippen molar-refractivity contribution >= 4 is 23.1 Å². The number of azo groups is 1. The van der Waals surface area contributed by atoms with E-state index in [4.69, 9.17) is 11.5 Å². The lowest BCUT2D eigenvalue weighted by Gasteiger charge is -1.93. The molecular weight excluding hydrogens is 206 g/mol. The minimum atomic E-state index is 0.0633. The third kappa shape index (κ3) is 2.00. The van der Waals surface area contributed by atoms with Gasteiger partial charge in [-0.25, -0.2) is 0 Å². The zero-order valence-corrected chi connectivity index (χ0v) is 8.71. The Balaban J connectivity index is 2.24. The lowest BCUT2D eigenvalue weighted by atomic mass is 10.2. The molecule has 0 radical (unpaired) electrons. The standard InChI is InChI=1S/C10H11N5O/c1-6-2-4-7(5-3-6)13-14-8-9(11)15-16-10(8)12/h2-5H,12H2,1H3,(H2,11,15). The predicted molar refractivity (Wildman–Crippen MR) is 60.7 cm³/mol. The number of nitrogens with two attached hydrogens (primary N) is 2. The van der Waals surface area contributed by atoms with E-state index in [0.717, 1.165) is 5.56 Å². The minimum Gasteiger partial charge on any atom is -0.379 e. The summed E-state index contributed by atoms with van der Waals surface area (Å²) in [4.78, 5) is 0. The van der Waals surface area contributed by atoms with E-state index in [-0.39, 0.29) is 17.4 Å². The van der Waals surface area contributed by atoms with Crippen molar-refractivity contribution in [2.75, 3.05) is 11.5 Å². The van der Waals surface area contributed by atoms with Crippen LogP contribution in [0.1, 0.15) is 5.56 Å². The third-order valence-corrected chi connectivity index (χ3v) is 2.02. The van der Waals surface area contributed by atoms with Gasteiger partial charge in [-0.05, 0) is 19.1 Å². The van der Waals surface area contributed by atoms with Crippen molar-refractivity contribution in [3.63, 3.8) is 0 Å². The lowest BCUT2D eigenvalue weighted by molar-refractivity contribution is 0.440. The Morgan fingerprint density at radius 2 is 1.81 bits per heavy atom. The first kappa shape index (κ1) is 10.2. The lowest BCUT2D eigenvalue weighted by Crippen LogP contribution is -1.84. The molecule has 82 valence electrons. The Morgan fingerprint density at radius 1 is 1.12 bits per heavy atom. The molecule has 4 N–H and O–H groups in total. The maximum atomic E-state index is 5.49. The van der Waals surface area contributed by atoms with Gasteiger partial charge in [0.05, 0.1) is 5.69 Å². The fourth-order valence-corrected chi connectivity index (χ4v) is 1.13. The van der Waals surface area contributed by atoms with E-state index in [2.05, 4.69) is 19.9 Å². The molecule has 2 rings (SSSR count). The van der Waals surface area contributed by atoms with Crippen LogP contribution in [0.25, 0.3) is 0 Å². The summed E-state index contributed by atoms with van der Waals surface area (Å²) in [5.74, 6) is 0.196. The highest BCUT2D eigenvalue weighted by Gasteiger charge is 2.09. The van der Waals surface area contributed by atoms with E-state index in [0.29, 0.717) is 5.69 Å². The van der Waals surface area contributed by atoms with E-state index in [1.807, 2.05) is 31.2 Å². The van der Waals surface area contributed by atoms with Crippen LogP contribution in [0.5, 0.6) is 0 Å². The molecule has 1 aromatic heterocycles. The molecule has 2 aromatic rings. The van der Waals surface area contributed by atoms with Gasteiger partial charge in [-0.15, -0.1) is 5.11 Å². The van der Waals surface area contributed by atoms with E-state index in [1.165, 1.54) is 0 Å². The average molecular weight is 217 g/mol. The Morgan fingerprint density at radius 3 is 2.38 bits per heavy atom. The highest BCUT2D eigenvalue weighted by Crippen LogP contribution is 2.30. The van der Waals surface area contributed by atoms with Gasteiger partial charge in [0.1, 0.15) is 0 Å². The van der Waals surface area contributed by atoms with Gasteiger partial charge in [-0.1, -0.05) is 22.9 Å². The average Bonchev–Trinajstić information content (AvgIpc) is 2.59. The van der Waals surface area contributed by atoms with Crippen molar-refractivity contribution in [2.45, 2.75) is 6.92 Å². The van der Waals surface area contributed by atoms with Gasteiger partial charge in [0.25, 0.3) is 5.88 Å². The van der Waals surface area contributed by atoms with Gasteiger partial charge in [-0.2, -0.15) is 5.11 Å². The van der Waals surface area contributed by atoms with Crippen LogP contribution in [0.4, 0.5) is 23.1 Å². The van der Waals surface area contributed by atoms with Gasteiger partial charge in [0.15, 0.2) is 11.5 Å². The van der Waals surface area contributed by atoms with Crippen LogP contribution in [-0.4, -0.2) is 5.16 Å². The van der Waals surface area contributed by atoms with Gasteiger partial charge >= 0.3 is 0 Å². The first-order valence-corrected chi connectivity index (χ1v) is 4.66. The second-order valence-corrected chi connectivity index (χ2v) is 3.32. The summed E-state index contributed by atoms with van der Waals surface area (Å²) in [6.45, 7) is 2.00. The number of nitrogens with zero attached hydrogens (tertiary/aromatic N) is 3. The number of nitrogen functional groups attached to an aromatic ring is 2. The van der Waals surface area contributed by atoms with E-state index >= 15 is 0 Å². The van der Waals surface area contributed by atoms with E-state index in [1.54, 1.807) is 0 Å². The van der Waals surface area contributed by atoms with Crippen LogP contribution in [0.3, 0.4) is 0 Å². The van der Waals surface area contributed by atoms with E-state index < -0.39 is 0 Å². The molecule has 6 nitrogen and oxygen atoms in total. The Labute approximate surface area is 91.9 Å². The number of hydrogen-bond donors (Lipinski definition) is 2. The SMILES string of the molecule is Cc1ccc(N=Nc2c(N)noc2N)cc1. The van der Waals surface area contributed by atoms with E-state index in [9.17, 15) is 0 Å². The molecule has 16 heavy (non-hydrogen) atoms. The summed E-state index contributed by atoms with van der Waals surface area (Å²) >= 11 is 0. The number of hydrogen-bond acceptors (Lipinski definition) is 6. The van der Waals surface area contributed by atoms with Crippen LogP contribution in [-0.2, 0) is 0 Å². The quantitative estimate of drug-likeness (QED) is 0.754. The number of aryl methyl sites for hydroxylation is 1. The molecule has 0 atom stereocenters. The van der Waals surface area contributed by atoms with Gasteiger partial charge < -0.3 is 16.0 Å². The predicted octanol–water partition coefficient (Wildman–Crippen LogP) is 2.56. The summed E-state index contributed by atoms with van der Waals surface area (Å²) in [5.41, 5.74) is 13.1. The molecule has 0 aliphatic heterocycles. The zero-order chi connectivity index (χ0) is 11.5. The van der Waals surface area contributed by atoms with Crippen molar-refractivity contribution in [2.24, 2.45) is 10.2 Å². The molecule has 0 saturated carbocycles. The smallest absolute Gasteiger partial charge is 0.252 e. The largest absolute Gasteiger partial charge is 0.379 e. The van der Waals surface area contributed by atoms with Crippen molar-refractivity contribution in [1.29, 1.82) is 0 Å². The summed E-state index contributed by atoms with van der Waals surface area (Å²) in [6, 6.07) is 7.57. The summed E-state index contributed by atoms with van der Waals surface area (Å²) < 4.78 is 4.65. The molecule has 1 heterocycles. The number of anilines is 2. The van der Waals surface area contributed by atoms with Gasteiger partial charge in [0.2, 0.25) is 0 Å². The van der Waals surface area contributed by atoms with Crippen LogP contribution >= 0.6 is 0 Å². The van der Waals surface area contributed by atoms with Crippen LogP contribution in [0, 0.1) is 6.92 Å². The fourth-order valence-electron chi connectivity index (χ4n) is 1.13. The monoisotopic (exact) mass is 217 g/mol. The molecule has 0 bridgehead atoms. The fraction of sp³-hybridized carbons (Fsp3) is 0.100. The number of rotatable bonds is 2. The normalized spacial score (nSPS) is 11.1. The molecule has 0 aliphatic rings. The molecule has 0 unspecified atom stereocenters. The number of aromatic nitrogens is 1. The molecule has 0 aliphatic carbocycles. The summed E-state index contributed by atoms with van der Waals surface area (Å²) in [5, 5.41) is 11.3. The second-order valence-electron chi connectivity index (χ2n) is 3.32. The third-order valence-electron chi connectivity index (χ3n) is 2.02. The Kier molecular flexibility index (Phi) is 2.55. The molecule has 6 heteroatoms. The molecule has 0 spiro atoms. The van der Waals surface area contributed by atoms with Gasteiger partial charge in [-0.3, -0.25) is 0 Å². The first-order valence-electron chi connectivity index (χ1n) is 4.66. The maximum Gasteiger partial charge on any atom is 0.252 e. The first-order chi connectivity index (χ1) is 7.66. The van der Waals surface area contributed by atoms with Crippen molar-refractivity contribution in [3.05, 3.63) is 29.8 Å². The highest BCUT2D eigenvalue weighted by atomic mass is 16.5. The maximum absolute atomic E-state index is 5.49. The topological polar surface area (TPSA) is 103 Å². The highest BCUT2D eigenvalue weighted by molar-refractivity contribution is 5.68. The van der Waals surface area contributed by atoms with Crippen LogP contribution < -0.4 is 11.5 Å². The summed E-state index contributed by atoms with van der Waals surface area (Å²) in [6.07, 6.45) is 0. The minimum absolute atomic E-state index is 0.0633. The van der Waals surface area contributed by atoms with Crippen LogP contribution in [0.2, 0.25) is 0 Å². The van der Waals surface area contributed by atoms with Crippen molar-refractivity contribution in [3.8, 4) is 0 Å². The molecule has 1 aromatic carbocycles. The van der Waals surface area contributed by atoms with Crippen molar-refractivity contribution in [1.82, 2.24) is 5.16 Å². The van der Waals surface area contributed by atoms with Gasteiger partial charge in [0, 0.05) is 0 Å². The van der Waals surface area contributed by atoms with Crippen LogP contribution in [0.15, 0.2) is 39.0 Å². The Hall–Kier alpha value is -2.37.